The van der Waals surface area contributed by atoms with Crippen molar-refractivity contribution in [1.82, 2.24) is 19.1 Å². The Balaban J connectivity index is 1.29. The maximum atomic E-state index is 13.4. The minimum Gasteiger partial charge on any atom is -0.350 e. The predicted molar refractivity (Wildman–Crippen MR) is 140 cm³/mol. The number of carbonyl (C=O) groups excluding carboxylic acids is 1. The average Bonchev–Trinajstić information content (AvgIpc) is 3.40. The standard InChI is InChI=1S/C30H23FN4O/c1-19-33-27-16-32-14-13-28(27)35(19)17-20-3-5-22(6-4-20)30(36)26-18-34(2)29-15-23(9-12-25(26)29)21-7-10-24(31)11-8-21/h3-16,18H,17H2,1-2H3. The molecule has 6 rings (SSSR count). The van der Waals surface area contributed by atoms with Gasteiger partial charge in [0.05, 0.1) is 11.7 Å². The average molecular weight is 475 g/mol. The van der Waals surface area contributed by atoms with Crippen molar-refractivity contribution in [3.8, 4) is 11.1 Å². The Morgan fingerprint density at radius 2 is 1.67 bits per heavy atom. The molecule has 176 valence electrons. The van der Waals surface area contributed by atoms with Crippen LogP contribution in [0.5, 0.6) is 0 Å². The third kappa shape index (κ3) is 3.77. The van der Waals surface area contributed by atoms with Crippen LogP contribution >= 0.6 is 0 Å². The number of aromatic nitrogens is 4. The van der Waals surface area contributed by atoms with E-state index in [-0.39, 0.29) is 11.6 Å². The second kappa shape index (κ2) is 8.57. The quantitative estimate of drug-likeness (QED) is 0.275. The summed E-state index contributed by atoms with van der Waals surface area (Å²) in [5.74, 6) is 0.648. The molecule has 0 radical (unpaired) electrons. The van der Waals surface area contributed by atoms with E-state index in [0.717, 1.165) is 44.5 Å². The molecule has 36 heavy (non-hydrogen) atoms. The summed E-state index contributed by atoms with van der Waals surface area (Å²) in [6.07, 6.45) is 5.42. The molecule has 6 heteroatoms. The van der Waals surface area contributed by atoms with E-state index in [9.17, 15) is 9.18 Å². The van der Waals surface area contributed by atoms with Crippen LogP contribution in [0.15, 0.2) is 91.4 Å². The number of imidazole rings is 1. The number of hydrogen-bond acceptors (Lipinski definition) is 3. The van der Waals surface area contributed by atoms with E-state index in [4.69, 9.17) is 0 Å². The highest BCUT2D eigenvalue weighted by molar-refractivity contribution is 6.16. The van der Waals surface area contributed by atoms with Crippen molar-refractivity contribution in [2.24, 2.45) is 7.05 Å². The highest BCUT2D eigenvalue weighted by Crippen LogP contribution is 2.29. The maximum Gasteiger partial charge on any atom is 0.195 e. The van der Waals surface area contributed by atoms with Crippen LogP contribution in [-0.4, -0.2) is 24.9 Å². The van der Waals surface area contributed by atoms with Crippen LogP contribution in [0.3, 0.4) is 0 Å². The van der Waals surface area contributed by atoms with Gasteiger partial charge in [-0.25, -0.2) is 9.37 Å². The zero-order valence-electron chi connectivity index (χ0n) is 19.9. The fraction of sp³-hybridized carbons (Fsp3) is 0.100. The monoisotopic (exact) mass is 474 g/mol. The predicted octanol–water partition coefficient (Wildman–Crippen LogP) is 6.32. The van der Waals surface area contributed by atoms with Gasteiger partial charge < -0.3 is 9.13 Å². The van der Waals surface area contributed by atoms with Gasteiger partial charge in [-0.1, -0.05) is 48.5 Å². The summed E-state index contributed by atoms with van der Waals surface area (Å²) in [5.41, 5.74) is 7.17. The third-order valence-corrected chi connectivity index (χ3v) is 6.71. The van der Waals surface area contributed by atoms with Gasteiger partial charge in [0, 0.05) is 48.0 Å². The van der Waals surface area contributed by atoms with Crippen molar-refractivity contribution in [2.75, 3.05) is 0 Å². The molecular weight excluding hydrogens is 451 g/mol. The van der Waals surface area contributed by atoms with Gasteiger partial charge >= 0.3 is 0 Å². The summed E-state index contributed by atoms with van der Waals surface area (Å²) in [6, 6.07) is 22.2. The van der Waals surface area contributed by atoms with Gasteiger partial charge in [0.2, 0.25) is 0 Å². The van der Waals surface area contributed by atoms with Crippen molar-refractivity contribution in [2.45, 2.75) is 13.5 Å². The molecule has 0 aliphatic carbocycles. The molecule has 3 aromatic heterocycles. The van der Waals surface area contributed by atoms with Crippen LogP contribution in [0, 0.1) is 12.7 Å². The Morgan fingerprint density at radius 3 is 2.44 bits per heavy atom. The highest BCUT2D eigenvalue weighted by Gasteiger charge is 2.17. The minimum atomic E-state index is -0.261. The van der Waals surface area contributed by atoms with Crippen molar-refractivity contribution in [1.29, 1.82) is 0 Å². The zero-order valence-corrected chi connectivity index (χ0v) is 19.9. The van der Waals surface area contributed by atoms with Gasteiger partial charge in [0.1, 0.15) is 17.2 Å². The number of carbonyl (C=O) groups is 1. The smallest absolute Gasteiger partial charge is 0.195 e. The van der Waals surface area contributed by atoms with Gasteiger partial charge in [-0.3, -0.25) is 9.78 Å². The number of rotatable bonds is 5. The van der Waals surface area contributed by atoms with Crippen LogP contribution in [0.25, 0.3) is 33.1 Å². The van der Waals surface area contributed by atoms with Crippen LogP contribution < -0.4 is 0 Å². The second-order valence-corrected chi connectivity index (χ2v) is 9.03. The molecule has 6 aromatic rings. The molecule has 0 aliphatic heterocycles. The molecule has 0 saturated carbocycles. The van der Waals surface area contributed by atoms with E-state index in [1.54, 1.807) is 24.5 Å². The molecule has 0 N–H and O–H groups in total. The van der Waals surface area contributed by atoms with Crippen molar-refractivity contribution in [3.05, 3.63) is 120 Å². The van der Waals surface area contributed by atoms with E-state index in [1.165, 1.54) is 12.1 Å². The molecule has 0 saturated heterocycles. The highest BCUT2D eigenvalue weighted by atomic mass is 19.1. The second-order valence-electron chi connectivity index (χ2n) is 9.03. The molecular formula is C30H23FN4O. The molecule has 0 unspecified atom stereocenters. The van der Waals surface area contributed by atoms with Gasteiger partial charge in [-0.2, -0.15) is 0 Å². The number of nitrogens with zero attached hydrogens (tertiary/aromatic N) is 4. The summed E-state index contributed by atoms with van der Waals surface area (Å²) in [6.45, 7) is 2.65. The lowest BCUT2D eigenvalue weighted by atomic mass is 9.99. The first-order valence-corrected chi connectivity index (χ1v) is 11.7. The van der Waals surface area contributed by atoms with Crippen molar-refractivity contribution in [3.63, 3.8) is 0 Å². The Labute approximate surface area is 207 Å². The molecule has 0 amide bonds. The van der Waals surface area contributed by atoms with Crippen LogP contribution in [-0.2, 0) is 13.6 Å². The minimum absolute atomic E-state index is 0.0167. The van der Waals surface area contributed by atoms with Crippen LogP contribution in [0.1, 0.15) is 27.3 Å². The molecule has 0 aliphatic rings. The van der Waals surface area contributed by atoms with Gasteiger partial charge in [-0.05, 0) is 47.9 Å². The van der Waals surface area contributed by atoms with Crippen molar-refractivity contribution >= 4 is 27.7 Å². The Bertz CT molecular complexity index is 1740. The molecule has 5 nitrogen and oxygen atoms in total. The molecule has 0 fully saturated rings. The topological polar surface area (TPSA) is 52.7 Å². The van der Waals surface area contributed by atoms with Gasteiger partial charge in [0.15, 0.2) is 5.78 Å². The van der Waals surface area contributed by atoms with Crippen LogP contribution in [0.2, 0.25) is 0 Å². The first-order valence-electron chi connectivity index (χ1n) is 11.7. The summed E-state index contributed by atoms with van der Waals surface area (Å²) in [7, 11) is 1.93. The SMILES string of the molecule is Cc1nc2cnccc2n1Cc1ccc(C(=O)c2cn(C)c3cc(-c4ccc(F)cc4)ccc23)cc1. The summed E-state index contributed by atoms with van der Waals surface area (Å²) >= 11 is 0. The molecule has 0 bridgehead atoms. The first-order chi connectivity index (χ1) is 17.5. The number of benzene rings is 3. The molecule has 3 heterocycles. The number of ketones is 1. The third-order valence-electron chi connectivity index (χ3n) is 6.71. The normalized spacial score (nSPS) is 11.4. The Kier molecular flexibility index (Phi) is 5.22. The lowest BCUT2D eigenvalue weighted by Gasteiger charge is -2.08. The number of aryl methyl sites for hydroxylation is 2. The molecule has 0 spiro atoms. The Morgan fingerprint density at radius 1 is 0.917 bits per heavy atom. The van der Waals surface area contributed by atoms with E-state index in [1.807, 2.05) is 73.3 Å². The van der Waals surface area contributed by atoms with E-state index < -0.39 is 0 Å². The van der Waals surface area contributed by atoms with Gasteiger partial charge in [0.25, 0.3) is 0 Å². The first kappa shape index (κ1) is 21.9. The zero-order chi connectivity index (χ0) is 24.8. The fourth-order valence-corrected chi connectivity index (χ4v) is 4.79. The van der Waals surface area contributed by atoms with E-state index in [2.05, 4.69) is 14.5 Å². The number of hydrogen-bond donors (Lipinski definition) is 0. The van der Waals surface area contributed by atoms with Gasteiger partial charge in [-0.15, -0.1) is 0 Å². The van der Waals surface area contributed by atoms with E-state index in [0.29, 0.717) is 17.7 Å². The van der Waals surface area contributed by atoms with Crippen molar-refractivity contribution < 1.29 is 9.18 Å². The summed E-state index contributed by atoms with van der Waals surface area (Å²) < 4.78 is 17.4. The fourth-order valence-electron chi connectivity index (χ4n) is 4.79. The number of halogens is 1. The van der Waals surface area contributed by atoms with E-state index >= 15 is 0 Å². The number of pyridine rings is 1. The molecule has 0 atom stereocenters. The largest absolute Gasteiger partial charge is 0.350 e. The maximum absolute atomic E-state index is 13.4. The summed E-state index contributed by atoms with van der Waals surface area (Å²) in [4.78, 5) is 22.2. The lowest BCUT2D eigenvalue weighted by Crippen LogP contribution is -2.04. The van der Waals surface area contributed by atoms with Crippen LogP contribution in [0.4, 0.5) is 4.39 Å². The molecule has 3 aromatic carbocycles. The Hall–Kier alpha value is -4.58. The lowest BCUT2D eigenvalue weighted by molar-refractivity contribution is 0.104. The summed E-state index contributed by atoms with van der Waals surface area (Å²) in [5, 5.41) is 0.895. The number of fused-ring (bicyclic) bond motifs is 2.